The third-order valence-electron chi connectivity index (χ3n) is 2.38. The van der Waals surface area contributed by atoms with E-state index in [-0.39, 0.29) is 0 Å². The van der Waals surface area contributed by atoms with Gasteiger partial charge in [-0.05, 0) is 30.7 Å². The highest BCUT2D eigenvalue weighted by molar-refractivity contribution is 6.30. The number of nitrogens with zero attached hydrogens (tertiary/aromatic N) is 2. The molecule has 0 radical (unpaired) electrons. The van der Waals surface area contributed by atoms with Crippen molar-refractivity contribution in [2.75, 3.05) is 0 Å². The molecule has 0 saturated heterocycles. The van der Waals surface area contributed by atoms with E-state index in [9.17, 15) is 0 Å². The maximum Gasteiger partial charge on any atom is 0.125 e. The molecular weight excluding hydrogens is 234 g/mol. The third kappa shape index (κ3) is 3.80. The summed E-state index contributed by atoms with van der Waals surface area (Å²) >= 11 is 5.82. The van der Waals surface area contributed by atoms with Crippen molar-refractivity contribution in [2.24, 2.45) is 0 Å². The summed E-state index contributed by atoms with van der Waals surface area (Å²) in [5.74, 6) is 0.802. The molecule has 0 unspecified atom stereocenters. The van der Waals surface area contributed by atoms with E-state index >= 15 is 0 Å². The van der Waals surface area contributed by atoms with Crippen LogP contribution in [0.15, 0.2) is 36.5 Å². The first-order valence-electron chi connectivity index (χ1n) is 5.48. The zero-order chi connectivity index (χ0) is 12.1. The molecule has 0 spiro atoms. The first-order valence-corrected chi connectivity index (χ1v) is 5.85. The summed E-state index contributed by atoms with van der Waals surface area (Å²) in [7, 11) is 0. The lowest BCUT2D eigenvalue weighted by Crippen LogP contribution is -2.14. The van der Waals surface area contributed by atoms with Gasteiger partial charge in [-0.25, -0.2) is 9.97 Å². The molecule has 17 heavy (non-hydrogen) atoms. The Bertz CT molecular complexity index is 482. The highest BCUT2D eigenvalue weighted by atomic mass is 35.5. The van der Waals surface area contributed by atoms with E-state index in [2.05, 4.69) is 15.3 Å². The summed E-state index contributed by atoms with van der Waals surface area (Å²) in [6.45, 7) is 3.44. The van der Waals surface area contributed by atoms with Crippen molar-refractivity contribution >= 4 is 11.6 Å². The van der Waals surface area contributed by atoms with Crippen LogP contribution in [0.25, 0.3) is 0 Å². The van der Waals surface area contributed by atoms with Crippen LogP contribution in [0.5, 0.6) is 0 Å². The summed E-state index contributed by atoms with van der Waals surface area (Å²) in [6, 6.07) is 9.74. The molecule has 1 heterocycles. The lowest BCUT2D eigenvalue weighted by Gasteiger charge is -2.05. The van der Waals surface area contributed by atoms with Gasteiger partial charge in [-0.1, -0.05) is 23.7 Å². The van der Waals surface area contributed by atoms with Gasteiger partial charge in [-0.2, -0.15) is 0 Å². The van der Waals surface area contributed by atoms with Gasteiger partial charge in [0.25, 0.3) is 0 Å². The number of hydrogen-bond acceptors (Lipinski definition) is 3. The van der Waals surface area contributed by atoms with Crippen LogP contribution < -0.4 is 5.32 Å². The molecule has 1 aromatic carbocycles. The quantitative estimate of drug-likeness (QED) is 0.903. The van der Waals surface area contributed by atoms with Gasteiger partial charge < -0.3 is 5.32 Å². The zero-order valence-electron chi connectivity index (χ0n) is 9.65. The first kappa shape index (κ1) is 12.0. The fourth-order valence-electron chi connectivity index (χ4n) is 1.54. The van der Waals surface area contributed by atoms with Crippen LogP contribution in [0.2, 0.25) is 5.02 Å². The molecule has 0 aliphatic heterocycles. The second-order valence-corrected chi connectivity index (χ2v) is 4.26. The summed E-state index contributed by atoms with van der Waals surface area (Å²) in [5, 5.41) is 4.10. The Kier molecular flexibility index (Phi) is 4.07. The SMILES string of the molecule is Cc1nccc(CNCc2ccc(Cl)cc2)n1. The van der Waals surface area contributed by atoms with Crippen molar-refractivity contribution in [3.8, 4) is 0 Å². The molecule has 0 amide bonds. The molecule has 1 N–H and O–H groups in total. The molecular formula is C13H14ClN3. The minimum Gasteiger partial charge on any atom is -0.307 e. The number of halogens is 1. The Morgan fingerprint density at radius 3 is 2.59 bits per heavy atom. The maximum absolute atomic E-state index is 5.82. The van der Waals surface area contributed by atoms with Crippen LogP contribution in [-0.4, -0.2) is 9.97 Å². The van der Waals surface area contributed by atoms with E-state index in [0.29, 0.717) is 0 Å². The summed E-state index contributed by atoms with van der Waals surface area (Å²) in [5.41, 5.74) is 2.21. The van der Waals surface area contributed by atoms with Crippen LogP contribution in [0.1, 0.15) is 17.1 Å². The Morgan fingerprint density at radius 1 is 1.12 bits per heavy atom. The third-order valence-corrected chi connectivity index (χ3v) is 2.63. The van der Waals surface area contributed by atoms with Crippen LogP contribution in [0, 0.1) is 6.92 Å². The average molecular weight is 248 g/mol. The lowest BCUT2D eigenvalue weighted by atomic mass is 10.2. The Morgan fingerprint density at radius 2 is 1.88 bits per heavy atom. The van der Waals surface area contributed by atoms with Crippen LogP contribution in [-0.2, 0) is 13.1 Å². The van der Waals surface area contributed by atoms with Gasteiger partial charge in [0.15, 0.2) is 0 Å². The first-order chi connectivity index (χ1) is 8.24. The monoisotopic (exact) mass is 247 g/mol. The predicted octanol–water partition coefficient (Wildman–Crippen LogP) is 2.73. The molecule has 0 bridgehead atoms. The maximum atomic E-state index is 5.82. The van der Waals surface area contributed by atoms with Crippen molar-refractivity contribution in [2.45, 2.75) is 20.0 Å². The molecule has 3 nitrogen and oxygen atoms in total. The minimum absolute atomic E-state index is 0.742. The zero-order valence-corrected chi connectivity index (χ0v) is 10.4. The molecule has 0 aliphatic carbocycles. The molecule has 2 rings (SSSR count). The van der Waals surface area contributed by atoms with Crippen LogP contribution in [0.3, 0.4) is 0 Å². The lowest BCUT2D eigenvalue weighted by molar-refractivity contribution is 0.675. The van der Waals surface area contributed by atoms with Crippen LogP contribution >= 0.6 is 11.6 Å². The highest BCUT2D eigenvalue weighted by Gasteiger charge is 1.96. The van der Waals surface area contributed by atoms with Gasteiger partial charge in [0, 0.05) is 24.3 Å². The number of aromatic nitrogens is 2. The van der Waals surface area contributed by atoms with E-state index in [4.69, 9.17) is 11.6 Å². The van der Waals surface area contributed by atoms with Gasteiger partial charge in [-0.3, -0.25) is 0 Å². The largest absolute Gasteiger partial charge is 0.307 e. The average Bonchev–Trinajstić information content (AvgIpc) is 2.32. The Labute approximate surface area is 106 Å². The normalized spacial score (nSPS) is 10.5. The smallest absolute Gasteiger partial charge is 0.125 e. The van der Waals surface area contributed by atoms with Gasteiger partial charge in [-0.15, -0.1) is 0 Å². The minimum atomic E-state index is 0.742. The summed E-state index contributed by atoms with van der Waals surface area (Å²) in [6.07, 6.45) is 1.78. The summed E-state index contributed by atoms with van der Waals surface area (Å²) < 4.78 is 0. The predicted molar refractivity (Wildman–Crippen MR) is 68.8 cm³/mol. The molecule has 4 heteroatoms. The van der Waals surface area contributed by atoms with Crippen molar-refractivity contribution < 1.29 is 0 Å². The molecule has 0 saturated carbocycles. The van der Waals surface area contributed by atoms with E-state index in [1.807, 2.05) is 37.3 Å². The standard InChI is InChI=1S/C13H14ClN3/c1-10-16-7-6-13(17-10)9-15-8-11-2-4-12(14)5-3-11/h2-7,15H,8-9H2,1H3. The Balaban J connectivity index is 1.85. The number of aryl methyl sites for hydroxylation is 1. The highest BCUT2D eigenvalue weighted by Crippen LogP contribution is 2.09. The van der Waals surface area contributed by atoms with Gasteiger partial charge in [0.1, 0.15) is 5.82 Å². The Hall–Kier alpha value is -1.45. The van der Waals surface area contributed by atoms with E-state index in [1.165, 1.54) is 5.56 Å². The van der Waals surface area contributed by atoms with E-state index in [1.54, 1.807) is 6.20 Å². The number of rotatable bonds is 4. The second-order valence-electron chi connectivity index (χ2n) is 3.83. The van der Waals surface area contributed by atoms with Gasteiger partial charge in [0.05, 0.1) is 5.69 Å². The van der Waals surface area contributed by atoms with E-state index < -0.39 is 0 Å². The molecule has 2 aromatic rings. The van der Waals surface area contributed by atoms with Gasteiger partial charge >= 0.3 is 0 Å². The molecule has 88 valence electrons. The van der Waals surface area contributed by atoms with Crippen molar-refractivity contribution in [1.82, 2.24) is 15.3 Å². The van der Waals surface area contributed by atoms with Crippen LogP contribution in [0.4, 0.5) is 0 Å². The number of nitrogens with one attached hydrogen (secondary N) is 1. The fraction of sp³-hybridized carbons (Fsp3) is 0.231. The van der Waals surface area contributed by atoms with Crippen molar-refractivity contribution in [3.63, 3.8) is 0 Å². The molecule has 0 atom stereocenters. The number of hydrogen-bond donors (Lipinski definition) is 1. The summed E-state index contributed by atoms with van der Waals surface area (Å²) in [4.78, 5) is 8.39. The van der Waals surface area contributed by atoms with E-state index in [0.717, 1.165) is 29.6 Å². The molecule has 0 aliphatic rings. The van der Waals surface area contributed by atoms with Gasteiger partial charge in [0.2, 0.25) is 0 Å². The van der Waals surface area contributed by atoms with Crippen molar-refractivity contribution in [3.05, 3.63) is 58.6 Å². The fourth-order valence-corrected chi connectivity index (χ4v) is 1.67. The second kappa shape index (κ2) is 5.75. The molecule has 0 fully saturated rings. The topological polar surface area (TPSA) is 37.8 Å². The molecule has 1 aromatic heterocycles. The number of benzene rings is 1. The van der Waals surface area contributed by atoms with Crippen molar-refractivity contribution in [1.29, 1.82) is 0 Å².